The molecule has 1 N–H and O–H groups in total. The lowest BCUT2D eigenvalue weighted by molar-refractivity contribution is 0.387. The van der Waals surface area contributed by atoms with Crippen LogP contribution in [0.4, 0.5) is 0 Å². The zero-order chi connectivity index (χ0) is 13.2. The maximum absolute atomic E-state index is 4.57. The molecule has 0 saturated heterocycles. The smallest absolute Gasteiger partial charge is 0.0426 e. The molecule has 96 valence electrons. The van der Waals surface area contributed by atoms with Crippen molar-refractivity contribution in [1.82, 2.24) is 10.3 Å². The second-order valence-corrected chi connectivity index (χ2v) is 5.50. The molecule has 0 amide bonds. The number of rotatable bonds is 4. The van der Waals surface area contributed by atoms with E-state index in [1.165, 1.54) is 11.1 Å². The first kappa shape index (κ1) is 14.2. The summed E-state index contributed by atoms with van der Waals surface area (Å²) in [6.45, 7) is 15.3. The lowest BCUT2D eigenvalue weighted by Crippen LogP contribution is -2.33. The van der Waals surface area contributed by atoms with Gasteiger partial charge in [0.25, 0.3) is 0 Å². The molecule has 0 radical (unpaired) electrons. The van der Waals surface area contributed by atoms with E-state index in [2.05, 4.69) is 64.8 Å². The highest BCUT2D eigenvalue weighted by atomic mass is 14.9. The van der Waals surface area contributed by atoms with Gasteiger partial charge in [0.1, 0.15) is 0 Å². The Morgan fingerprint density at radius 2 is 1.65 bits per heavy atom. The predicted molar refractivity (Wildman–Crippen MR) is 74.3 cm³/mol. The van der Waals surface area contributed by atoms with Crippen LogP contribution in [0.15, 0.2) is 6.07 Å². The third-order valence-electron chi connectivity index (χ3n) is 3.53. The van der Waals surface area contributed by atoms with E-state index in [1.807, 2.05) is 0 Å². The highest BCUT2D eigenvalue weighted by molar-refractivity contribution is 5.33. The molecule has 0 bridgehead atoms. The Morgan fingerprint density at radius 1 is 1.06 bits per heavy atom. The van der Waals surface area contributed by atoms with Crippen LogP contribution in [0.1, 0.15) is 56.3 Å². The van der Waals surface area contributed by atoms with Crippen molar-refractivity contribution in [3.8, 4) is 0 Å². The van der Waals surface area contributed by atoms with Crippen LogP contribution in [0.2, 0.25) is 0 Å². The molecule has 0 spiro atoms. The Labute approximate surface area is 106 Å². The molecule has 0 aliphatic carbocycles. The fourth-order valence-electron chi connectivity index (χ4n) is 2.36. The summed E-state index contributed by atoms with van der Waals surface area (Å²) in [5, 5.41) is 3.66. The molecule has 1 heterocycles. The predicted octanol–water partition coefficient (Wildman–Crippen LogP) is 3.70. The first-order chi connectivity index (χ1) is 7.82. The van der Waals surface area contributed by atoms with Gasteiger partial charge in [-0.15, -0.1) is 0 Å². The van der Waals surface area contributed by atoms with E-state index in [-0.39, 0.29) is 0 Å². The molecule has 2 unspecified atom stereocenters. The molecule has 0 aliphatic heterocycles. The zero-order valence-electron chi connectivity index (χ0n) is 12.3. The van der Waals surface area contributed by atoms with Crippen molar-refractivity contribution >= 4 is 0 Å². The van der Waals surface area contributed by atoms with Gasteiger partial charge in [0.05, 0.1) is 0 Å². The van der Waals surface area contributed by atoms with Gasteiger partial charge in [-0.1, -0.05) is 13.8 Å². The highest BCUT2D eigenvalue weighted by Gasteiger charge is 2.16. The molecule has 0 saturated carbocycles. The van der Waals surface area contributed by atoms with Crippen LogP contribution >= 0.6 is 0 Å². The number of hydrogen-bond donors (Lipinski definition) is 1. The lowest BCUT2D eigenvalue weighted by Gasteiger charge is -2.25. The van der Waals surface area contributed by atoms with E-state index >= 15 is 0 Å². The van der Waals surface area contributed by atoms with Crippen LogP contribution in [-0.2, 0) is 0 Å². The van der Waals surface area contributed by atoms with Gasteiger partial charge in [-0.3, -0.25) is 4.98 Å². The van der Waals surface area contributed by atoms with Gasteiger partial charge in [0.15, 0.2) is 0 Å². The van der Waals surface area contributed by atoms with Gasteiger partial charge in [-0.05, 0) is 57.7 Å². The Bertz CT molecular complexity index is 360. The van der Waals surface area contributed by atoms with Gasteiger partial charge in [0.2, 0.25) is 0 Å². The molecule has 0 fully saturated rings. The maximum atomic E-state index is 4.57. The van der Waals surface area contributed by atoms with E-state index in [0.29, 0.717) is 18.0 Å². The first-order valence-corrected chi connectivity index (χ1v) is 6.53. The van der Waals surface area contributed by atoms with Crippen LogP contribution < -0.4 is 5.32 Å². The lowest BCUT2D eigenvalue weighted by atomic mass is 9.98. The van der Waals surface area contributed by atoms with Crippen molar-refractivity contribution in [2.75, 3.05) is 0 Å². The van der Waals surface area contributed by atoms with Crippen LogP contribution in [0.3, 0.4) is 0 Å². The maximum Gasteiger partial charge on any atom is 0.0426 e. The van der Waals surface area contributed by atoms with E-state index in [9.17, 15) is 0 Å². The topological polar surface area (TPSA) is 24.9 Å². The van der Waals surface area contributed by atoms with Gasteiger partial charge in [-0.25, -0.2) is 0 Å². The second kappa shape index (κ2) is 5.63. The van der Waals surface area contributed by atoms with Crippen molar-refractivity contribution < 1.29 is 0 Å². The quantitative estimate of drug-likeness (QED) is 0.859. The number of pyridine rings is 1. The summed E-state index contributed by atoms with van der Waals surface area (Å²) in [6.07, 6.45) is 0. The van der Waals surface area contributed by atoms with Crippen molar-refractivity contribution in [2.24, 2.45) is 5.92 Å². The molecular formula is C15H26N2. The SMILES string of the molecule is Cc1cc(C)c(C(C)NC(C)C(C)C)c(C)n1. The minimum absolute atomic E-state index is 0.362. The summed E-state index contributed by atoms with van der Waals surface area (Å²) in [5.41, 5.74) is 4.94. The van der Waals surface area contributed by atoms with Gasteiger partial charge in [-0.2, -0.15) is 0 Å². The van der Waals surface area contributed by atoms with Gasteiger partial charge in [0, 0.05) is 23.5 Å². The Balaban J connectivity index is 2.93. The average molecular weight is 234 g/mol. The van der Waals surface area contributed by atoms with Gasteiger partial charge >= 0.3 is 0 Å². The zero-order valence-corrected chi connectivity index (χ0v) is 12.3. The fourth-order valence-corrected chi connectivity index (χ4v) is 2.36. The standard InChI is InChI=1S/C15H26N2/c1-9(2)12(5)17-14(7)15-10(3)8-11(4)16-13(15)6/h8-9,12,14,17H,1-7H3. The summed E-state index contributed by atoms with van der Waals surface area (Å²) in [7, 11) is 0. The molecule has 2 nitrogen and oxygen atoms in total. The van der Waals surface area contributed by atoms with Crippen molar-refractivity contribution in [3.05, 3.63) is 28.6 Å². The van der Waals surface area contributed by atoms with Gasteiger partial charge < -0.3 is 5.32 Å². The molecule has 1 rings (SSSR count). The van der Waals surface area contributed by atoms with E-state index in [1.54, 1.807) is 0 Å². The first-order valence-electron chi connectivity index (χ1n) is 6.53. The summed E-state index contributed by atoms with van der Waals surface area (Å²) in [4.78, 5) is 4.57. The number of nitrogens with zero attached hydrogens (tertiary/aromatic N) is 1. The third kappa shape index (κ3) is 3.53. The molecule has 2 atom stereocenters. The second-order valence-electron chi connectivity index (χ2n) is 5.50. The molecule has 1 aromatic heterocycles. The minimum Gasteiger partial charge on any atom is -0.307 e. The van der Waals surface area contributed by atoms with Crippen LogP contribution in [-0.4, -0.2) is 11.0 Å². The largest absolute Gasteiger partial charge is 0.307 e. The third-order valence-corrected chi connectivity index (χ3v) is 3.53. The number of aryl methyl sites for hydroxylation is 3. The molecule has 0 aromatic carbocycles. The minimum atomic E-state index is 0.362. The van der Waals surface area contributed by atoms with E-state index in [0.717, 1.165) is 11.4 Å². The summed E-state index contributed by atoms with van der Waals surface area (Å²) in [6, 6.07) is 3.05. The summed E-state index contributed by atoms with van der Waals surface area (Å²) >= 11 is 0. The van der Waals surface area contributed by atoms with Crippen molar-refractivity contribution in [1.29, 1.82) is 0 Å². The highest BCUT2D eigenvalue weighted by Crippen LogP contribution is 2.22. The molecule has 1 aromatic rings. The van der Waals surface area contributed by atoms with Crippen LogP contribution in [0.25, 0.3) is 0 Å². The van der Waals surface area contributed by atoms with Crippen molar-refractivity contribution in [3.63, 3.8) is 0 Å². The Morgan fingerprint density at radius 3 is 2.12 bits per heavy atom. The molecule has 0 aliphatic rings. The molecule has 17 heavy (non-hydrogen) atoms. The molecule has 2 heteroatoms. The fraction of sp³-hybridized carbons (Fsp3) is 0.667. The molecular weight excluding hydrogens is 208 g/mol. The van der Waals surface area contributed by atoms with Crippen LogP contribution in [0.5, 0.6) is 0 Å². The normalized spacial score (nSPS) is 15.1. The monoisotopic (exact) mass is 234 g/mol. The number of nitrogens with one attached hydrogen (secondary N) is 1. The van der Waals surface area contributed by atoms with E-state index < -0.39 is 0 Å². The summed E-state index contributed by atoms with van der Waals surface area (Å²) < 4.78 is 0. The number of hydrogen-bond acceptors (Lipinski definition) is 2. The number of aromatic nitrogens is 1. The Hall–Kier alpha value is -0.890. The van der Waals surface area contributed by atoms with E-state index in [4.69, 9.17) is 0 Å². The van der Waals surface area contributed by atoms with Crippen LogP contribution in [0, 0.1) is 26.7 Å². The summed E-state index contributed by atoms with van der Waals surface area (Å²) in [5.74, 6) is 0.650. The average Bonchev–Trinajstić information content (AvgIpc) is 2.15. The Kier molecular flexibility index (Phi) is 4.70. The van der Waals surface area contributed by atoms with Crippen molar-refractivity contribution in [2.45, 2.75) is 60.5 Å².